The van der Waals surface area contributed by atoms with Crippen LogP contribution in [-0.4, -0.2) is 18.1 Å². The fraction of sp³-hybridized carbons (Fsp3) is 0.500. The predicted molar refractivity (Wildman–Crippen MR) is 73.1 cm³/mol. The molecular formula is C14H17ClN2O. The molecule has 1 aromatic carbocycles. The van der Waals surface area contributed by atoms with Crippen molar-refractivity contribution >= 4 is 22.7 Å². The van der Waals surface area contributed by atoms with E-state index in [1.807, 2.05) is 18.2 Å². The number of rotatable bonds is 2. The first-order valence-electron chi connectivity index (χ1n) is 6.51. The summed E-state index contributed by atoms with van der Waals surface area (Å²) in [4.78, 5) is 4.66. The number of hydrogen-bond donors (Lipinski definition) is 1. The van der Waals surface area contributed by atoms with E-state index in [4.69, 9.17) is 16.0 Å². The van der Waals surface area contributed by atoms with Gasteiger partial charge in [0.25, 0.3) is 0 Å². The van der Waals surface area contributed by atoms with Crippen molar-refractivity contribution in [3.05, 3.63) is 29.1 Å². The Bertz CT molecular complexity index is 558. The lowest BCUT2D eigenvalue weighted by Gasteiger charge is -2.33. The monoisotopic (exact) mass is 264 g/mol. The minimum Gasteiger partial charge on any atom is -0.439 e. The van der Waals surface area contributed by atoms with Gasteiger partial charge in [-0.25, -0.2) is 4.98 Å². The number of benzene rings is 1. The predicted octanol–water partition coefficient (Wildman–Crippen LogP) is 3.51. The molecule has 96 valence electrons. The van der Waals surface area contributed by atoms with Gasteiger partial charge in [-0.3, -0.25) is 0 Å². The minimum absolute atomic E-state index is 0.0770. The Kier molecular flexibility index (Phi) is 3.04. The molecule has 2 heterocycles. The van der Waals surface area contributed by atoms with Crippen molar-refractivity contribution in [1.29, 1.82) is 0 Å². The highest BCUT2D eigenvalue weighted by Gasteiger charge is 2.37. The van der Waals surface area contributed by atoms with Gasteiger partial charge in [-0.2, -0.15) is 0 Å². The van der Waals surface area contributed by atoms with E-state index in [0.717, 1.165) is 49.3 Å². The Hall–Kier alpha value is -1.06. The SMILES string of the molecule is CCC1(c2nc3cccc(Cl)c3o2)CCNCC1. The number of nitrogens with one attached hydrogen (secondary N) is 1. The van der Waals surface area contributed by atoms with Crippen LogP contribution in [0, 0.1) is 0 Å². The van der Waals surface area contributed by atoms with E-state index in [0.29, 0.717) is 5.02 Å². The van der Waals surface area contributed by atoms with E-state index in [-0.39, 0.29) is 5.41 Å². The first-order valence-corrected chi connectivity index (χ1v) is 6.89. The molecule has 1 aliphatic heterocycles. The van der Waals surface area contributed by atoms with Gasteiger partial charge < -0.3 is 9.73 Å². The number of halogens is 1. The number of piperidine rings is 1. The zero-order chi connectivity index (χ0) is 12.6. The first kappa shape index (κ1) is 12.0. The number of para-hydroxylation sites is 1. The van der Waals surface area contributed by atoms with Gasteiger partial charge in [0.1, 0.15) is 5.52 Å². The van der Waals surface area contributed by atoms with Crippen LogP contribution in [0.1, 0.15) is 32.1 Å². The standard InChI is InChI=1S/C14H17ClN2O/c1-2-14(6-8-16-9-7-14)13-17-11-5-3-4-10(15)12(11)18-13/h3-5,16H,2,6-9H2,1H3. The quantitative estimate of drug-likeness (QED) is 0.902. The van der Waals surface area contributed by atoms with Crippen LogP contribution in [0.5, 0.6) is 0 Å². The molecule has 0 amide bonds. The molecule has 1 aliphatic rings. The summed E-state index contributed by atoms with van der Waals surface area (Å²) < 4.78 is 5.96. The maximum Gasteiger partial charge on any atom is 0.201 e. The summed E-state index contributed by atoms with van der Waals surface area (Å²) in [5.41, 5.74) is 1.66. The zero-order valence-corrected chi connectivity index (χ0v) is 11.3. The van der Waals surface area contributed by atoms with Crippen molar-refractivity contribution in [3.8, 4) is 0 Å². The lowest BCUT2D eigenvalue weighted by Crippen LogP contribution is -2.39. The second kappa shape index (κ2) is 4.56. The lowest BCUT2D eigenvalue weighted by atomic mass is 9.76. The number of fused-ring (bicyclic) bond motifs is 1. The second-order valence-corrected chi connectivity index (χ2v) is 5.40. The Morgan fingerprint density at radius 2 is 2.17 bits per heavy atom. The summed E-state index contributed by atoms with van der Waals surface area (Å²) in [5, 5.41) is 4.04. The molecule has 0 spiro atoms. The molecule has 0 saturated carbocycles. The molecule has 18 heavy (non-hydrogen) atoms. The van der Waals surface area contributed by atoms with E-state index in [1.165, 1.54) is 0 Å². The number of oxazole rings is 1. The molecule has 1 N–H and O–H groups in total. The van der Waals surface area contributed by atoms with E-state index in [9.17, 15) is 0 Å². The molecule has 0 aliphatic carbocycles. The molecule has 2 aromatic rings. The van der Waals surface area contributed by atoms with E-state index < -0.39 is 0 Å². The third-order valence-electron chi connectivity index (χ3n) is 4.06. The van der Waals surface area contributed by atoms with Crippen LogP contribution in [-0.2, 0) is 5.41 Å². The number of aromatic nitrogens is 1. The van der Waals surface area contributed by atoms with Crippen molar-refractivity contribution in [1.82, 2.24) is 10.3 Å². The van der Waals surface area contributed by atoms with Gasteiger partial charge in [0.2, 0.25) is 5.89 Å². The van der Waals surface area contributed by atoms with Gasteiger partial charge in [0, 0.05) is 5.41 Å². The van der Waals surface area contributed by atoms with Gasteiger partial charge in [-0.15, -0.1) is 0 Å². The first-order chi connectivity index (χ1) is 8.75. The maximum atomic E-state index is 6.15. The van der Waals surface area contributed by atoms with Crippen LogP contribution in [0.3, 0.4) is 0 Å². The summed E-state index contributed by atoms with van der Waals surface area (Å²) >= 11 is 6.15. The van der Waals surface area contributed by atoms with Crippen molar-refractivity contribution in [2.24, 2.45) is 0 Å². The number of hydrogen-bond acceptors (Lipinski definition) is 3. The van der Waals surface area contributed by atoms with Crippen molar-refractivity contribution < 1.29 is 4.42 Å². The van der Waals surface area contributed by atoms with Crippen LogP contribution in [0.2, 0.25) is 5.02 Å². The van der Waals surface area contributed by atoms with Crippen LogP contribution in [0.15, 0.2) is 22.6 Å². The van der Waals surface area contributed by atoms with E-state index in [2.05, 4.69) is 17.2 Å². The Balaban J connectivity index is 2.09. The normalized spacial score (nSPS) is 19.2. The summed E-state index contributed by atoms with van der Waals surface area (Å²) in [5.74, 6) is 0.856. The molecule has 4 heteroatoms. The molecule has 0 unspecified atom stereocenters. The Morgan fingerprint density at radius 3 is 2.83 bits per heavy atom. The molecule has 1 saturated heterocycles. The molecule has 1 aromatic heterocycles. The molecule has 0 atom stereocenters. The highest BCUT2D eigenvalue weighted by Crippen LogP contribution is 2.38. The molecule has 1 fully saturated rings. The highest BCUT2D eigenvalue weighted by atomic mass is 35.5. The smallest absolute Gasteiger partial charge is 0.201 e. The Morgan fingerprint density at radius 1 is 1.39 bits per heavy atom. The van der Waals surface area contributed by atoms with Crippen LogP contribution in [0.25, 0.3) is 11.1 Å². The second-order valence-electron chi connectivity index (χ2n) is 4.99. The van der Waals surface area contributed by atoms with Crippen molar-refractivity contribution in [3.63, 3.8) is 0 Å². The van der Waals surface area contributed by atoms with E-state index >= 15 is 0 Å². The van der Waals surface area contributed by atoms with Crippen LogP contribution < -0.4 is 5.32 Å². The van der Waals surface area contributed by atoms with Crippen molar-refractivity contribution in [2.45, 2.75) is 31.6 Å². The fourth-order valence-electron chi connectivity index (χ4n) is 2.77. The van der Waals surface area contributed by atoms with Gasteiger partial charge in [-0.1, -0.05) is 24.6 Å². The molecule has 3 rings (SSSR count). The van der Waals surface area contributed by atoms with Gasteiger partial charge in [0.05, 0.1) is 5.02 Å². The summed E-state index contributed by atoms with van der Waals surface area (Å²) in [6, 6.07) is 5.72. The van der Waals surface area contributed by atoms with Gasteiger partial charge in [0.15, 0.2) is 5.58 Å². The van der Waals surface area contributed by atoms with E-state index in [1.54, 1.807) is 0 Å². The molecule has 3 nitrogen and oxygen atoms in total. The maximum absolute atomic E-state index is 6.15. The van der Waals surface area contributed by atoms with Crippen LogP contribution in [0.4, 0.5) is 0 Å². The molecule has 0 radical (unpaired) electrons. The molecular weight excluding hydrogens is 248 g/mol. The average molecular weight is 265 g/mol. The largest absolute Gasteiger partial charge is 0.439 e. The minimum atomic E-state index is 0.0770. The summed E-state index contributed by atoms with van der Waals surface area (Å²) in [6.07, 6.45) is 3.21. The van der Waals surface area contributed by atoms with Crippen molar-refractivity contribution in [2.75, 3.05) is 13.1 Å². The summed E-state index contributed by atoms with van der Waals surface area (Å²) in [7, 11) is 0. The lowest BCUT2D eigenvalue weighted by molar-refractivity contribution is 0.243. The third-order valence-corrected chi connectivity index (χ3v) is 4.36. The number of nitrogens with zero attached hydrogens (tertiary/aromatic N) is 1. The Labute approximate surface area is 112 Å². The van der Waals surface area contributed by atoms with Gasteiger partial charge >= 0.3 is 0 Å². The van der Waals surface area contributed by atoms with Crippen LogP contribution >= 0.6 is 11.6 Å². The zero-order valence-electron chi connectivity index (χ0n) is 10.5. The molecule has 0 bridgehead atoms. The highest BCUT2D eigenvalue weighted by molar-refractivity contribution is 6.34. The average Bonchev–Trinajstić information content (AvgIpc) is 2.85. The topological polar surface area (TPSA) is 38.1 Å². The fourth-order valence-corrected chi connectivity index (χ4v) is 2.97. The summed E-state index contributed by atoms with van der Waals surface area (Å²) in [6.45, 7) is 4.27. The third kappa shape index (κ3) is 1.82. The van der Waals surface area contributed by atoms with Gasteiger partial charge in [-0.05, 0) is 44.5 Å².